The molecular weight excluding hydrogens is 186 g/mol. The molecule has 0 saturated heterocycles. The Morgan fingerprint density at radius 2 is 1.13 bits per heavy atom. The molecule has 0 spiro atoms. The van der Waals surface area contributed by atoms with Crippen LogP contribution in [0.1, 0.15) is 70.6 Å². The standard InChI is InChI=1S/C13H25NO/c15-12-14-13-10-8-6-4-2-1-3-5-7-9-11-13/h12-13H,1-11H2,(H,14,15). The van der Waals surface area contributed by atoms with Crippen LogP contribution in [0.5, 0.6) is 0 Å². The highest BCUT2D eigenvalue weighted by Gasteiger charge is 2.07. The van der Waals surface area contributed by atoms with Crippen LogP contribution in [0.2, 0.25) is 0 Å². The van der Waals surface area contributed by atoms with Gasteiger partial charge in [0.25, 0.3) is 0 Å². The molecule has 15 heavy (non-hydrogen) atoms. The number of carbonyl (C=O) groups is 1. The largest absolute Gasteiger partial charge is 0.356 e. The van der Waals surface area contributed by atoms with Gasteiger partial charge in [-0.3, -0.25) is 4.79 Å². The number of amides is 1. The highest BCUT2D eigenvalue weighted by atomic mass is 16.1. The fourth-order valence-electron chi connectivity index (χ4n) is 2.43. The summed E-state index contributed by atoms with van der Waals surface area (Å²) < 4.78 is 0. The third-order valence-electron chi connectivity index (χ3n) is 3.41. The maximum atomic E-state index is 10.4. The lowest BCUT2D eigenvalue weighted by molar-refractivity contribution is -0.110. The van der Waals surface area contributed by atoms with Crippen LogP contribution in [0, 0.1) is 0 Å². The second-order valence-corrected chi connectivity index (χ2v) is 4.74. The fourth-order valence-corrected chi connectivity index (χ4v) is 2.43. The van der Waals surface area contributed by atoms with Crippen molar-refractivity contribution < 1.29 is 4.79 Å². The Bertz CT molecular complexity index is 147. The Morgan fingerprint density at radius 3 is 1.53 bits per heavy atom. The summed E-state index contributed by atoms with van der Waals surface area (Å²) in [4.78, 5) is 10.4. The van der Waals surface area contributed by atoms with E-state index in [1.54, 1.807) is 0 Å². The van der Waals surface area contributed by atoms with Crippen LogP contribution in [0.4, 0.5) is 0 Å². The zero-order valence-electron chi connectivity index (χ0n) is 9.84. The number of hydrogen-bond donors (Lipinski definition) is 1. The SMILES string of the molecule is O=CNC1CCCCCCCCCCC1. The number of nitrogens with one attached hydrogen (secondary N) is 1. The first-order valence-corrected chi connectivity index (χ1v) is 6.63. The van der Waals surface area contributed by atoms with Gasteiger partial charge in [0.05, 0.1) is 0 Å². The summed E-state index contributed by atoms with van der Waals surface area (Å²) in [5.74, 6) is 0. The summed E-state index contributed by atoms with van der Waals surface area (Å²) in [5, 5.41) is 2.96. The molecule has 1 rings (SSSR count). The van der Waals surface area contributed by atoms with Gasteiger partial charge in [0.1, 0.15) is 0 Å². The summed E-state index contributed by atoms with van der Waals surface area (Å²) in [5.41, 5.74) is 0. The molecule has 0 aromatic rings. The van der Waals surface area contributed by atoms with Crippen LogP contribution in [0.25, 0.3) is 0 Å². The first-order chi connectivity index (χ1) is 7.43. The van der Waals surface area contributed by atoms with Crippen molar-refractivity contribution in [3.63, 3.8) is 0 Å². The highest BCUT2D eigenvalue weighted by molar-refractivity contribution is 5.46. The highest BCUT2D eigenvalue weighted by Crippen LogP contribution is 2.16. The van der Waals surface area contributed by atoms with E-state index >= 15 is 0 Å². The lowest BCUT2D eigenvalue weighted by Crippen LogP contribution is -2.27. The Labute approximate surface area is 93.8 Å². The van der Waals surface area contributed by atoms with Gasteiger partial charge in [-0.05, 0) is 12.8 Å². The molecule has 0 radical (unpaired) electrons. The minimum Gasteiger partial charge on any atom is -0.356 e. The van der Waals surface area contributed by atoms with Gasteiger partial charge in [0.2, 0.25) is 6.41 Å². The molecule has 2 heteroatoms. The monoisotopic (exact) mass is 211 g/mol. The molecule has 0 heterocycles. The van der Waals surface area contributed by atoms with Crippen molar-refractivity contribution in [3.05, 3.63) is 0 Å². The average molecular weight is 211 g/mol. The van der Waals surface area contributed by atoms with Gasteiger partial charge in [-0.15, -0.1) is 0 Å². The summed E-state index contributed by atoms with van der Waals surface area (Å²) in [6.07, 6.45) is 15.5. The molecule has 0 aromatic heterocycles. The first kappa shape index (κ1) is 12.5. The van der Waals surface area contributed by atoms with E-state index in [-0.39, 0.29) is 0 Å². The number of hydrogen-bond acceptors (Lipinski definition) is 1. The minimum atomic E-state index is 0.446. The van der Waals surface area contributed by atoms with E-state index in [1.165, 1.54) is 70.6 Å². The van der Waals surface area contributed by atoms with Crippen LogP contribution < -0.4 is 5.32 Å². The third kappa shape index (κ3) is 6.53. The summed E-state index contributed by atoms with van der Waals surface area (Å²) >= 11 is 0. The molecule has 88 valence electrons. The zero-order chi connectivity index (χ0) is 10.8. The van der Waals surface area contributed by atoms with Gasteiger partial charge < -0.3 is 5.32 Å². The van der Waals surface area contributed by atoms with E-state index in [9.17, 15) is 4.79 Å². The molecule has 1 N–H and O–H groups in total. The Kier molecular flexibility index (Phi) is 7.32. The normalized spacial score (nSPS) is 22.4. The van der Waals surface area contributed by atoms with E-state index < -0.39 is 0 Å². The van der Waals surface area contributed by atoms with E-state index in [0.29, 0.717) is 6.04 Å². The molecule has 2 nitrogen and oxygen atoms in total. The second kappa shape index (κ2) is 8.75. The van der Waals surface area contributed by atoms with E-state index in [2.05, 4.69) is 5.32 Å². The van der Waals surface area contributed by atoms with Crippen molar-refractivity contribution in [2.24, 2.45) is 0 Å². The summed E-state index contributed by atoms with van der Waals surface area (Å²) in [6, 6.07) is 0.446. The molecule has 0 aliphatic heterocycles. The quantitative estimate of drug-likeness (QED) is 0.697. The van der Waals surface area contributed by atoms with E-state index in [1.807, 2.05) is 0 Å². The van der Waals surface area contributed by atoms with Crippen LogP contribution in [-0.2, 0) is 4.79 Å². The van der Waals surface area contributed by atoms with Crippen molar-refractivity contribution in [2.45, 2.75) is 76.7 Å². The molecule has 1 saturated carbocycles. The smallest absolute Gasteiger partial charge is 0.207 e. The van der Waals surface area contributed by atoms with Crippen LogP contribution in [-0.4, -0.2) is 12.5 Å². The lowest BCUT2D eigenvalue weighted by atomic mass is 9.98. The van der Waals surface area contributed by atoms with Gasteiger partial charge in [-0.2, -0.15) is 0 Å². The van der Waals surface area contributed by atoms with E-state index in [4.69, 9.17) is 0 Å². The van der Waals surface area contributed by atoms with Gasteiger partial charge in [-0.1, -0.05) is 57.8 Å². The number of rotatable bonds is 2. The van der Waals surface area contributed by atoms with Gasteiger partial charge in [0, 0.05) is 6.04 Å². The van der Waals surface area contributed by atoms with Gasteiger partial charge in [0.15, 0.2) is 0 Å². The second-order valence-electron chi connectivity index (χ2n) is 4.74. The Morgan fingerprint density at radius 1 is 0.733 bits per heavy atom. The predicted molar refractivity (Wildman–Crippen MR) is 63.8 cm³/mol. The first-order valence-electron chi connectivity index (χ1n) is 6.63. The molecule has 0 aromatic carbocycles. The summed E-state index contributed by atoms with van der Waals surface area (Å²) in [7, 11) is 0. The fraction of sp³-hybridized carbons (Fsp3) is 0.923. The molecule has 1 aliphatic carbocycles. The Balaban J connectivity index is 2.22. The Hall–Kier alpha value is -0.530. The molecule has 1 amide bonds. The third-order valence-corrected chi connectivity index (χ3v) is 3.41. The predicted octanol–water partition coefficient (Wildman–Crippen LogP) is 3.41. The minimum absolute atomic E-state index is 0.446. The van der Waals surface area contributed by atoms with Crippen molar-refractivity contribution in [1.82, 2.24) is 5.32 Å². The van der Waals surface area contributed by atoms with Crippen molar-refractivity contribution >= 4 is 6.41 Å². The molecule has 0 atom stereocenters. The summed E-state index contributed by atoms with van der Waals surface area (Å²) in [6.45, 7) is 0. The molecule has 1 fully saturated rings. The van der Waals surface area contributed by atoms with Crippen molar-refractivity contribution in [1.29, 1.82) is 0 Å². The van der Waals surface area contributed by atoms with Gasteiger partial charge >= 0.3 is 0 Å². The maximum absolute atomic E-state index is 10.4. The molecular formula is C13H25NO. The maximum Gasteiger partial charge on any atom is 0.207 e. The topological polar surface area (TPSA) is 29.1 Å². The number of carbonyl (C=O) groups excluding carboxylic acids is 1. The lowest BCUT2D eigenvalue weighted by Gasteiger charge is -2.16. The van der Waals surface area contributed by atoms with Crippen molar-refractivity contribution in [3.8, 4) is 0 Å². The van der Waals surface area contributed by atoms with Crippen LogP contribution in [0.3, 0.4) is 0 Å². The average Bonchev–Trinajstić information content (AvgIpc) is 2.22. The molecule has 0 unspecified atom stereocenters. The molecule has 1 aliphatic rings. The van der Waals surface area contributed by atoms with Gasteiger partial charge in [-0.25, -0.2) is 0 Å². The molecule has 0 bridgehead atoms. The van der Waals surface area contributed by atoms with Crippen molar-refractivity contribution in [2.75, 3.05) is 0 Å². The van der Waals surface area contributed by atoms with Crippen LogP contribution in [0.15, 0.2) is 0 Å². The zero-order valence-corrected chi connectivity index (χ0v) is 9.84. The van der Waals surface area contributed by atoms with E-state index in [0.717, 1.165) is 6.41 Å². The van der Waals surface area contributed by atoms with Crippen LogP contribution >= 0.6 is 0 Å².